The van der Waals surface area contributed by atoms with Crippen molar-refractivity contribution in [2.24, 2.45) is 5.92 Å². The number of halogens is 2. The van der Waals surface area contributed by atoms with E-state index in [9.17, 15) is 4.79 Å². The summed E-state index contributed by atoms with van der Waals surface area (Å²) in [5.74, 6) is 0.723. The van der Waals surface area contributed by atoms with Crippen LogP contribution in [0, 0.1) is 5.92 Å². The molecule has 10 heteroatoms. The van der Waals surface area contributed by atoms with Gasteiger partial charge in [0, 0.05) is 25.4 Å². The number of likely N-dealkylation sites (tertiary alicyclic amines) is 1. The fourth-order valence-electron chi connectivity index (χ4n) is 3.47. The van der Waals surface area contributed by atoms with E-state index < -0.39 is 0 Å². The van der Waals surface area contributed by atoms with E-state index in [2.05, 4.69) is 20.5 Å². The van der Waals surface area contributed by atoms with Gasteiger partial charge in [0.15, 0.2) is 0 Å². The molecule has 0 saturated carbocycles. The molecule has 0 spiro atoms. The molecule has 0 bridgehead atoms. The van der Waals surface area contributed by atoms with Gasteiger partial charge in [0.2, 0.25) is 0 Å². The quantitative estimate of drug-likeness (QED) is 0.609. The molecule has 1 aromatic carbocycles. The van der Waals surface area contributed by atoms with Gasteiger partial charge >= 0.3 is 0 Å². The summed E-state index contributed by atoms with van der Waals surface area (Å²) in [7, 11) is 1.51. The highest BCUT2D eigenvalue weighted by Crippen LogP contribution is 2.29. The first-order chi connectivity index (χ1) is 13.6. The van der Waals surface area contributed by atoms with Crippen molar-refractivity contribution in [1.29, 1.82) is 0 Å². The second kappa shape index (κ2) is 11.2. The number of hydrogen-bond donors (Lipinski definition) is 2. The van der Waals surface area contributed by atoms with Gasteiger partial charge in [0.25, 0.3) is 5.91 Å². The fraction of sp³-hybridized carbons (Fsp3) is 0.526. The molecule has 29 heavy (non-hydrogen) atoms. The number of ether oxygens (including phenoxy) is 1. The van der Waals surface area contributed by atoms with Crippen LogP contribution in [-0.4, -0.2) is 59.1 Å². The average Bonchev–Trinajstić information content (AvgIpc) is 3.22. The van der Waals surface area contributed by atoms with E-state index >= 15 is 0 Å². The van der Waals surface area contributed by atoms with Gasteiger partial charge in [-0.2, -0.15) is 0 Å². The number of carbonyl (C=O) groups is 1. The Morgan fingerprint density at radius 1 is 1.34 bits per heavy atom. The van der Waals surface area contributed by atoms with Gasteiger partial charge in [0.05, 0.1) is 29.6 Å². The van der Waals surface area contributed by atoms with Gasteiger partial charge in [0.1, 0.15) is 5.75 Å². The van der Waals surface area contributed by atoms with Gasteiger partial charge in [-0.1, -0.05) is 16.8 Å². The van der Waals surface area contributed by atoms with E-state index in [0.29, 0.717) is 34.5 Å². The van der Waals surface area contributed by atoms with Gasteiger partial charge in [-0.15, -0.1) is 17.5 Å². The molecular formula is C19H28Cl2N6O2. The standard InChI is InChI=1S/C19H27ClN6O2.ClH/c1-28-18-12-17(21)16(20)11-15(18)19(27)22-13-14-3-8-25(9-4-14)6-2-7-26-10-5-23-24-26;/h5,10-12,14H,2-4,6-9,13,21H2,1H3,(H,22,27);1H. The summed E-state index contributed by atoms with van der Waals surface area (Å²) in [6.07, 6.45) is 6.79. The highest BCUT2D eigenvalue weighted by Gasteiger charge is 2.21. The number of aromatic nitrogens is 3. The predicted octanol–water partition coefficient (Wildman–Crippen LogP) is 2.48. The summed E-state index contributed by atoms with van der Waals surface area (Å²) in [6.45, 7) is 4.70. The molecule has 1 aliphatic rings. The van der Waals surface area contributed by atoms with Crippen LogP contribution in [0.3, 0.4) is 0 Å². The number of benzene rings is 1. The van der Waals surface area contributed by atoms with E-state index in [1.165, 1.54) is 7.11 Å². The van der Waals surface area contributed by atoms with E-state index in [1.807, 2.05) is 10.9 Å². The lowest BCUT2D eigenvalue weighted by Crippen LogP contribution is -2.39. The Bertz CT molecular complexity index is 779. The molecule has 0 radical (unpaired) electrons. The van der Waals surface area contributed by atoms with Gasteiger partial charge < -0.3 is 20.7 Å². The number of nitrogens with two attached hydrogens (primary N) is 1. The lowest BCUT2D eigenvalue weighted by molar-refractivity contribution is 0.0933. The van der Waals surface area contributed by atoms with Crippen LogP contribution < -0.4 is 15.8 Å². The van der Waals surface area contributed by atoms with E-state index in [1.54, 1.807) is 18.3 Å². The number of methoxy groups -OCH3 is 1. The maximum absolute atomic E-state index is 12.5. The molecule has 3 rings (SSSR count). The van der Waals surface area contributed by atoms with Crippen molar-refractivity contribution in [3.05, 3.63) is 35.1 Å². The molecule has 1 saturated heterocycles. The van der Waals surface area contributed by atoms with Crippen molar-refractivity contribution in [3.8, 4) is 5.75 Å². The van der Waals surface area contributed by atoms with Crippen LogP contribution >= 0.6 is 24.0 Å². The molecule has 3 N–H and O–H groups in total. The Balaban J connectivity index is 0.00000300. The largest absolute Gasteiger partial charge is 0.496 e. The van der Waals surface area contributed by atoms with Gasteiger partial charge in [-0.05, 0) is 50.9 Å². The van der Waals surface area contributed by atoms with Gasteiger partial charge in [-0.25, -0.2) is 0 Å². The first kappa shape index (κ1) is 23.3. The van der Waals surface area contributed by atoms with Crippen molar-refractivity contribution in [3.63, 3.8) is 0 Å². The molecule has 1 fully saturated rings. The van der Waals surface area contributed by atoms with E-state index in [0.717, 1.165) is 45.4 Å². The third-order valence-electron chi connectivity index (χ3n) is 5.16. The lowest BCUT2D eigenvalue weighted by Gasteiger charge is -2.32. The van der Waals surface area contributed by atoms with Crippen molar-refractivity contribution in [2.45, 2.75) is 25.8 Å². The normalized spacial score (nSPS) is 15.0. The number of anilines is 1. The summed E-state index contributed by atoms with van der Waals surface area (Å²) < 4.78 is 7.12. The number of hydrogen-bond acceptors (Lipinski definition) is 6. The van der Waals surface area contributed by atoms with Crippen LogP contribution in [0.1, 0.15) is 29.6 Å². The summed E-state index contributed by atoms with van der Waals surface area (Å²) in [5.41, 5.74) is 6.58. The number of carbonyl (C=O) groups excluding carboxylic acids is 1. The lowest BCUT2D eigenvalue weighted by atomic mass is 9.96. The Kier molecular flexibility index (Phi) is 9.00. The SMILES string of the molecule is COc1cc(N)c(Cl)cc1C(=O)NCC1CCN(CCCn2ccnn2)CC1.Cl. The van der Waals surface area contributed by atoms with Crippen molar-refractivity contribution < 1.29 is 9.53 Å². The molecule has 2 aromatic rings. The highest BCUT2D eigenvalue weighted by atomic mass is 35.5. The molecular weight excluding hydrogens is 415 g/mol. The molecule has 1 amide bonds. The number of piperidine rings is 1. The van der Waals surface area contributed by atoms with Crippen molar-refractivity contribution in [2.75, 3.05) is 39.0 Å². The minimum atomic E-state index is -0.186. The molecule has 1 aliphatic heterocycles. The minimum absolute atomic E-state index is 0. The number of aryl methyl sites for hydroxylation is 1. The van der Waals surface area contributed by atoms with E-state index in [4.69, 9.17) is 22.1 Å². The van der Waals surface area contributed by atoms with Crippen LogP contribution in [0.15, 0.2) is 24.5 Å². The summed E-state index contributed by atoms with van der Waals surface area (Å²) in [4.78, 5) is 15.0. The van der Waals surface area contributed by atoms with Gasteiger partial charge in [-0.3, -0.25) is 9.48 Å². The Morgan fingerprint density at radius 2 is 2.10 bits per heavy atom. The Labute approximate surface area is 182 Å². The first-order valence-corrected chi connectivity index (χ1v) is 9.92. The third-order valence-corrected chi connectivity index (χ3v) is 5.48. The zero-order valence-corrected chi connectivity index (χ0v) is 18.1. The Morgan fingerprint density at radius 3 is 2.76 bits per heavy atom. The topological polar surface area (TPSA) is 98.3 Å². The summed E-state index contributed by atoms with van der Waals surface area (Å²) in [5, 5.41) is 11.2. The zero-order valence-electron chi connectivity index (χ0n) is 16.5. The maximum atomic E-state index is 12.5. The summed E-state index contributed by atoms with van der Waals surface area (Å²) >= 11 is 6.05. The fourth-order valence-corrected chi connectivity index (χ4v) is 3.63. The minimum Gasteiger partial charge on any atom is -0.496 e. The number of nitrogen functional groups attached to an aromatic ring is 1. The van der Waals surface area contributed by atoms with Crippen LogP contribution in [0.25, 0.3) is 0 Å². The van der Waals surface area contributed by atoms with Crippen molar-refractivity contribution >= 4 is 35.6 Å². The molecule has 8 nitrogen and oxygen atoms in total. The number of rotatable bonds is 8. The van der Waals surface area contributed by atoms with Crippen LogP contribution in [0.4, 0.5) is 5.69 Å². The molecule has 2 heterocycles. The van der Waals surface area contributed by atoms with Crippen LogP contribution in [-0.2, 0) is 6.54 Å². The molecule has 0 aliphatic carbocycles. The highest BCUT2D eigenvalue weighted by molar-refractivity contribution is 6.33. The van der Waals surface area contributed by atoms with Crippen molar-refractivity contribution in [1.82, 2.24) is 25.2 Å². The monoisotopic (exact) mass is 442 g/mol. The molecule has 1 aromatic heterocycles. The maximum Gasteiger partial charge on any atom is 0.255 e. The Hall–Kier alpha value is -2.03. The number of nitrogens with zero attached hydrogens (tertiary/aromatic N) is 4. The molecule has 0 unspecified atom stereocenters. The number of nitrogens with one attached hydrogen (secondary N) is 1. The zero-order chi connectivity index (χ0) is 19.9. The number of amides is 1. The third kappa shape index (κ3) is 6.48. The molecule has 160 valence electrons. The summed E-state index contributed by atoms with van der Waals surface area (Å²) in [6, 6.07) is 3.14. The molecule has 0 atom stereocenters. The average molecular weight is 443 g/mol. The second-order valence-corrected chi connectivity index (χ2v) is 7.50. The van der Waals surface area contributed by atoms with Crippen LogP contribution in [0.2, 0.25) is 5.02 Å². The smallest absolute Gasteiger partial charge is 0.255 e. The predicted molar refractivity (Wildman–Crippen MR) is 116 cm³/mol. The van der Waals surface area contributed by atoms with Crippen LogP contribution in [0.5, 0.6) is 5.75 Å². The first-order valence-electron chi connectivity index (χ1n) is 9.54. The second-order valence-electron chi connectivity index (χ2n) is 7.09. The van der Waals surface area contributed by atoms with E-state index in [-0.39, 0.29) is 18.3 Å².